The van der Waals surface area contributed by atoms with E-state index in [9.17, 15) is 4.79 Å². The highest BCUT2D eigenvalue weighted by Crippen LogP contribution is 2.23. The van der Waals surface area contributed by atoms with Crippen molar-refractivity contribution in [3.8, 4) is 11.1 Å². The summed E-state index contributed by atoms with van der Waals surface area (Å²) in [5, 5.41) is 0. The highest BCUT2D eigenvalue weighted by molar-refractivity contribution is 5.95. The summed E-state index contributed by atoms with van der Waals surface area (Å²) >= 11 is 0. The first-order valence-corrected chi connectivity index (χ1v) is 7.64. The van der Waals surface area contributed by atoms with Gasteiger partial charge < -0.3 is 15.5 Å². The normalized spacial score (nSPS) is 11.9. The summed E-state index contributed by atoms with van der Waals surface area (Å²) in [4.78, 5) is 20.4. The van der Waals surface area contributed by atoms with E-state index in [1.807, 2.05) is 56.3 Å². The smallest absolute Gasteiger partial charge is 0.255 e. The molecule has 1 amide bonds. The van der Waals surface area contributed by atoms with Gasteiger partial charge in [-0.3, -0.25) is 9.78 Å². The summed E-state index contributed by atoms with van der Waals surface area (Å²) in [6.07, 6.45) is 3.37. The van der Waals surface area contributed by atoms with Gasteiger partial charge in [0.05, 0.1) is 5.56 Å². The molecule has 1 unspecified atom stereocenters. The minimum Gasteiger partial charge on any atom is -0.378 e. The number of nitrogens with two attached hydrogens (primary N) is 1. The second kappa shape index (κ2) is 7.24. The van der Waals surface area contributed by atoms with Crippen LogP contribution in [0.15, 0.2) is 42.7 Å². The summed E-state index contributed by atoms with van der Waals surface area (Å²) in [7, 11) is 5.77. The minimum atomic E-state index is -0.0674. The van der Waals surface area contributed by atoms with Crippen molar-refractivity contribution in [2.45, 2.75) is 13.0 Å². The van der Waals surface area contributed by atoms with E-state index in [0.29, 0.717) is 12.1 Å². The predicted molar refractivity (Wildman–Crippen MR) is 94.6 cm³/mol. The third-order valence-corrected chi connectivity index (χ3v) is 4.02. The molecular weight excluding hydrogens is 288 g/mol. The van der Waals surface area contributed by atoms with E-state index >= 15 is 0 Å². The van der Waals surface area contributed by atoms with Crippen molar-refractivity contribution < 1.29 is 4.79 Å². The molecule has 0 saturated carbocycles. The largest absolute Gasteiger partial charge is 0.378 e. The van der Waals surface area contributed by atoms with Crippen molar-refractivity contribution >= 4 is 11.6 Å². The lowest BCUT2D eigenvalue weighted by molar-refractivity contribution is 0.0748. The van der Waals surface area contributed by atoms with E-state index in [1.54, 1.807) is 24.3 Å². The Kier molecular flexibility index (Phi) is 5.34. The number of aromatic nitrogens is 1. The summed E-state index contributed by atoms with van der Waals surface area (Å²) < 4.78 is 0. The van der Waals surface area contributed by atoms with Crippen LogP contribution in [0.4, 0.5) is 5.69 Å². The lowest BCUT2D eigenvalue weighted by atomic mass is 10.0. The van der Waals surface area contributed by atoms with Crippen LogP contribution >= 0.6 is 0 Å². The maximum atomic E-state index is 12.5. The number of pyridine rings is 1. The Bertz CT molecular complexity index is 667. The number of hydrogen-bond donors (Lipinski definition) is 1. The highest BCUT2D eigenvalue weighted by atomic mass is 16.2. The monoisotopic (exact) mass is 312 g/mol. The lowest BCUT2D eigenvalue weighted by Crippen LogP contribution is -2.39. The van der Waals surface area contributed by atoms with E-state index in [0.717, 1.165) is 16.8 Å². The standard InChI is InChI=1S/C18H24N4O/c1-13(10-19)22(4)18(23)16-9-15(11-20-12-16)14-5-7-17(8-6-14)21(2)3/h5-9,11-13H,10,19H2,1-4H3. The van der Waals surface area contributed by atoms with Gasteiger partial charge in [0.15, 0.2) is 0 Å². The quantitative estimate of drug-likeness (QED) is 0.919. The SMILES string of the molecule is CC(CN)N(C)C(=O)c1cncc(-c2ccc(N(C)C)cc2)c1. The predicted octanol–water partition coefficient (Wildman–Crippen LogP) is 2.23. The Hall–Kier alpha value is -2.40. The first-order chi connectivity index (χ1) is 10.9. The molecule has 0 spiro atoms. The molecule has 0 radical (unpaired) electrons. The van der Waals surface area contributed by atoms with Crippen molar-refractivity contribution in [2.24, 2.45) is 5.73 Å². The number of anilines is 1. The number of carbonyl (C=O) groups is 1. The molecule has 0 aliphatic carbocycles. The molecule has 122 valence electrons. The molecule has 1 aromatic carbocycles. The van der Waals surface area contributed by atoms with E-state index < -0.39 is 0 Å². The fraction of sp³-hybridized carbons (Fsp3) is 0.333. The Balaban J connectivity index is 2.27. The van der Waals surface area contributed by atoms with Crippen LogP contribution in [-0.2, 0) is 0 Å². The maximum absolute atomic E-state index is 12.5. The summed E-state index contributed by atoms with van der Waals surface area (Å²) in [6.45, 7) is 2.36. The second-order valence-electron chi connectivity index (χ2n) is 5.90. The fourth-order valence-corrected chi connectivity index (χ4v) is 2.23. The van der Waals surface area contributed by atoms with Crippen molar-refractivity contribution in [1.82, 2.24) is 9.88 Å². The number of carbonyl (C=O) groups excluding carboxylic acids is 1. The first kappa shape index (κ1) is 17.0. The van der Waals surface area contributed by atoms with Gasteiger partial charge in [-0.25, -0.2) is 0 Å². The number of amides is 1. The Labute approximate surface area is 137 Å². The molecule has 23 heavy (non-hydrogen) atoms. The molecule has 5 nitrogen and oxygen atoms in total. The molecule has 0 aliphatic heterocycles. The molecule has 0 bridgehead atoms. The summed E-state index contributed by atoms with van der Waals surface area (Å²) in [5.74, 6) is -0.0674. The van der Waals surface area contributed by atoms with Gasteiger partial charge in [0.25, 0.3) is 5.91 Å². The molecular formula is C18H24N4O. The van der Waals surface area contributed by atoms with Crippen LogP contribution in [0.1, 0.15) is 17.3 Å². The fourth-order valence-electron chi connectivity index (χ4n) is 2.23. The van der Waals surface area contributed by atoms with Gasteiger partial charge >= 0.3 is 0 Å². The van der Waals surface area contributed by atoms with Gasteiger partial charge in [0.2, 0.25) is 0 Å². The van der Waals surface area contributed by atoms with Crippen LogP contribution in [-0.4, -0.2) is 49.5 Å². The maximum Gasteiger partial charge on any atom is 0.255 e. The lowest BCUT2D eigenvalue weighted by Gasteiger charge is -2.23. The van der Waals surface area contributed by atoms with E-state index in [-0.39, 0.29) is 11.9 Å². The number of benzene rings is 1. The van der Waals surface area contributed by atoms with Gasteiger partial charge in [-0.05, 0) is 30.7 Å². The Morgan fingerprint density at radius 3 is 2.35 bits per heavy atom. The van der Waals surface area contributed by atoms with Crippen LogP contribution in [0.3, 0.4) is 0 Å². The molecule has 2 N–H and O–H groups in total. The molecule has 1 atom stereocenters. The summed E-state index contributed by atoms with van der Waals surface area (Å²) in [5.41, 5.74) is 9.30. The zero-order valence-electron chi connectivity index (χ0n) is 14.2. The second-order valence-corrected chi connectivity index (χ2v) is 5.90. The molecule has 2 aromatic rings. The molecule has 0 aliphatic rings. The molecule has 2 rings (SSSR count). The van der Waals surface area contributed by atoms with Crippen LogP contribution in [0.5, 0.6) is 0 Å². The van der Waals surface area contributed by atoms with Gasteiger partial charge in [-0.1, -0.05) is 12.1 Å². The van der Waals surface area contributed by atoms with Crippen molar-refractivity contribution in [3.05, 3.63) is 48.3 Å². The zero-order valence-corrected chi connectivity index (χ0v) is 14.2. The van der Waals surface area contributed by atoms with Gasteiger partial charge in [0, 0.05) is 57.4 Å². The Morgan fingerprint density at radius 1 is 1.13 bits per heavy atom. The molecule has 0 fully saturated rings. The number of nitrogens with zero attached hydrogens (tertiary/aromatic N) is 3. The summed E-state index contributed by atoms with van der Waals surface area (Å²) in [6, 6.07) is 10.0. The van der Waals surface area contributed by atoms with E-state index in [2.05, 4.69) is 4.98 Å². The number of likely N-dealkylation sites (N-methyl/N-ethyl adjacent to an activating group) is 1. The third kappa shape index (κ3) is 3.87. The average Bonchev–Trinajstić information content (AvgIpc) is 2.59. The van der Waals surface area contributed by atoms with E-state index in [1.165, 1.54) is 0 Å². The molecule has 1 aromatic heterocycles. The minimum absolute atomic E-state index is 0.00877. The van der Waals surface area contributed by atoms with Crippen LogP contribution in [0.2, 0.25) is 0 Å². The molecule has 1 heterocycles. The van der Waals surface area contributed by atoms with Crippen molar-refractivity contribution in [1.29, 1.82) is 0 Å². The van der Waals surface area contributed by atoms with E-state index in [4.69, 9.17) is 5.73 Å². The average molecular weight is 312 g/mol. The highest BCUT2D eigenvalue weighted by Gasteiger charge is 2.17. The Morgan fingerprint density at radius 2 is 1.78 bits per heavy atom. The van der Waals surface area contributed by atoms with Gasteiger partial charge in [0.1, 0.15) is 0 Å². The topological polar surface area (TPSA) is 62.5 Å². The zero-order chi connectivity index (χ0) is 17.0. The van der Waals surface area contributed by atoms with Crippen molar-refractivity contribution in [2.75, 3.05) is 32.6 Å². The number of rotatable bonds is 5. The van der Waals surface area contributed by atoms with Crippen LogP contribution < -0.4 is 10.6 Å². The van der Waals surface area contributed by atoms with Crippen LogP contribution in [0, 0.1) is 0 Å². The molecule has 0 saturated heterocycles. The van der Waals surface area contributed by atoms with Crippen LogP contribution in [0.25, 0.3) is 11.1 Å². The third-order valence-electron chi connectivity index (χ3n) is 4.02. The van der Waals surface area contributed by atoms with Crippen molar-refractivity contribution in [3.63, 3.8) is 0 Å². The van der Waals surface area contributed by atoms with Gasteiger partial charge in [-0.15, -0.1) is 0 Å². The molecule has 5 heteroatoms. The van der Waals surface area contributed by atoms with Gasteiger partial charge in [-0.2, -0.15) is 0 Å². The first-order valence-electron chi connectivity index (χ1n) is 7.64. The number of hydrogen-bond acceptors (Lipinski definition) is 4.